The van der Waals surface area contributed by atoms with E-state index in [2.05, 4.69) is 10.1 Å². The maximum atomic E-state index is 13.6. The molecule has 1 aromatic carbocycles. The van der Waals surface area contributed by atoms with Gasteiger partial charge in [-0.2, -0.15) is 5.10 Å². The molecule has 2 heterocycles. The van der Waals surface area contributed by atoms with Crippen molar-refractivity contribution < 1.29 is 14.3 Å². The Morgan fingerprint density at radius 3 is 2.78 bits per heavy atom. The van der Waals surface area contributed by atoms with Gasteiger partial charge in [-0.25, -0.2) is 13.9 Å². The van der Waals surface area contributed by atoms with Crippen molar-refractivity contribution in [1.82, 2.24) is 14.8 Å². The van der Waals surface area contributed by atoms with Gasteiger partial charge in [0.25, 0.3) is 5.56 Å². The molecule has 0 unspecified atom stereocenters. The van der Waals surface area contributed by atoms with E-state index < -0.39 is 17.3 Å². The van der Waals surface area contributed by atoms with E-state index in [-0.39, 0.29) is 11.2 Å². The Kier molecular flexibility index (Phi) is 3.48. The summed E-state index contributed by atoms with van der Waals surface area (Å²) in [5.74, 6) is -1.59. The standard InChI is InChI=1S/C16H14FN3O3/c1-3-20-15(21)14-11(8(2)12(18-14)16(22)23)13(19-20)9-5-4-6-10(17)7-9/h4-7,18H,3H2,1-2H3,(H,22,23). The highest BCUT2D eigenvalue weighted by atomic mass is 19.1. The number of hydrogen-bond donors (Lipinski definition) is 2. The van der Waals surface area contributed by atoms with Gasteiger partial charge in [0.2, 0.25) is 0 Å². The Balaban J connectivity index is 2.48. The maximum absolute atomic E-state index is 13.6. The second kappa shape index (κ2) is 5.35. The Bertz CT molecular complexity index is 988. The predicted molar refractivity (Wildman–Crippen MR) is 83.1 cm³/mol. The molecule has 0 aliphatic heterocycles. The minimum absolute atomic E-state index is 0.0644. The third-order valence-electron chi connectivity index (χ3n) is 3.77. The van der Waals surface area contributed by atoms with Gasteiger partial charge in [-0.1, -0.05) is 12.1 Å². The van der Waals surface area contributed by atoms with Crippen molar-refractivity contribution in [2.45, 2.75) is 20.4 Å². The zero-order valence-electron chi connectivity index (χ0n) is 12.6. The number of carboxylic acid groups (broad SMARTS) is 1. The van der Waals surface area contributed by atoms with Gasteiger partial charge >= 0.3 is 5.97 Å². The van der Waals surface area contributed by atoms with E-state index >= 15 is 0 Å². The van der Waals surface area contributed by atoms with Gasteiger partial charge in [0.1, 0.15) is 22.7 Å². The van der Waals surface area contributed by atoms with Crippen molar-refractivity contribution in [3.8, 4) is 11.3 Å². The van der Waals surface area contributed by atoms with Crippen molar-refractivity contribution >= 4 is 16.9 Å². The van der Waals surface area contributed by atoms with Crippen LogP contribution in [0, 0.1) is 12.7 Å². The van der Waals surface area contributed by atoms with E-state index in [0.29, 0.717) is 28.8 Å². The number of hydrogen-bond acceptors (Lipinski definition) is 3. The first kappa shape index (κ1) is 15.0. The summed E-state index contributed by atoms with van der Waals surface area (Å²) < 4.78 is 14.8. The molecule has 0 saturated heterocycles. The van der Waals surface area contributed by atoms with Crippen LogP contribution in [0.1, 0.15) is 23.0 Å². The van der Waals surface area contributed by atoms with E-state index in [1.54, 1.807) is 26.0 Å². The van der Waals surface area contributed by atoms with Crippen LogP contribution in [0.5, 0.6) is 0 Å². The third-order valence-corrected chi connectivity index (χ3v) is 3.77. The summed E-state index contributed by atoms with van der Waals surface area (Å²) in [6.45, 7) is 3.67. The minimum Gasteiger partial charge on any atom is -0.477 e. The lowest BCUT2D eigenvalue weighted by molar-refractivity contribution is 0.0690. The van der Waals surface area contributed by atoms with E-state index in [9.17, 15) is 19.1 Å². The van der Waals surface area contributed by atoms with Crippen LogP contribution in [0.4, 0.5) is 4.39 Å². The first-order valence-electron chi connectivity index (χ1n) is 7.06. The summed E-state index contributed by atoms with van der Waals surface area (Å²) in [6, 6.07) is 5.82. The molecule has 2 aromatic heterocycles. The van der Waals surface area contributed by atoms with Crippen molar-refractivity contribution in [3.63, 3.8) is 0 Å². The number of fused-ring (bicyclic) bond motifs is 1. The molecule has 23 heavy (non-hydrogen) atoms. The van der Waals surface area contributed by atoms with Crippen LogP contribution in [0.25, 0.3) is 22.2 Å². The minimum atomic E-state index is -1.16. The van der Waals surface area contributed by atoms with Crippen molar-refractivity contribution in [2.24, 2.45) is 0 Å². The Morgan fingerprint density at radius 1 is 1.43 bits per heavy atom. The number of aromatic amines is 1. The first-order valence-corrected chi connectivity index (χ1v) is 7.06. The molecule has 0 fully saturated rings. The molecule has 118 valence electrons. The second-order valence-electron chi connectivity index (χ2n) is 5.16. The number of aromatic nitrogens is 3. The largest absolute Gasteiger partial charge is 0.477 e. The average molecular weight is 315 g/mol. The molecule has 0 atom stereocenters. The lowest BCUT2D eigenvalue weighted by Crippen LogP contribution is -2.23. The quantitative estimate of drug-likeness (QED) is 0.777. The maximum Gasteiger partial charge on any atom is 0.352 e. The summed E-state index contributed by atoms with van der Waals surface area (Å²) >= 11 is 0. The molecule has 0 saturated carbocycles. The summed E-state index contributed by atoms with van der Waals surface area (Å²) in [5, 5.41) is 14.0. The molecule has 3 rings (SSSR count). The lowest BCUT2D eigenvalue weighted by atomic mass is 10.0. The Morgan fingerprint density at radius 2 is 2.17 bits per heavy atom. The number of H-pyrrole nitrogens is 1. The van der Waals surface area contributed by atoms with E-state index in [4.69, 9.17) is 0 Å². The van der Waals surface area contributed by atoms with E-state index in [1.165, 1.54) is 16.8 Å². The fourth-order valence-electron chi connectivity index (χ4n) is 2.66. The van der Waals surface area contributed by atoms with Crippen molar-refractivity contribution in [3.05, 3.63) is 51.7 Å². The molecule has 0 aliphatic rings. The Hall–Kier alpha value is -2.96. The Labute approximate surface area is 130 Å². The number of nitrogens with zero attached hydrogens (tertiary/aromatic N) is 2. The number of aryl methyl sites for hydroxylation is 2. The molecule has 0 amide bonds. The normalized spacial score (nSPS) is 11.1. The number of nitrogens with one attached hydrogen (secondary N) is 1. The van der Waals surface area contributed by atoms with Gasteiger partial charge in [0.05, 0.1) is 0 Å². The zero-order chi connectivity index (χ0) is 16.7. The summed E-state index contributed by atoms with van der Waals surface area (Å²) in [5.41, 5.74) is 0.956. The number of benzene rings is 1. The van der Waals surface area contributed by atoms with Gasteiger partial charge in [-0.3, -0.25) is 4.79 Å². The molecular formula is C16H14FN3O3. The van der Waals surface area contributed by atoms with E-state index in [0.717, 1.165) is 0 Å². The molecule has 0 radical (unpaired) electrons. The SMILES string of the molecule is CCn1nc(-c2cccc(F)c2)c2c(C)c(C(=O)O)[nH]c2c1=O. The highest BCUT2D eigenvalue weighted by Gasteiger charge is 2.21. The monoisotopic (exact) mass is 315 g/mol. The number of carboxylic acids is 1. The average Bonchev–Trinajstić information content (AvgIpc) is 2.86. The summed E-state index contributed by atoms with van der Waals surface area (Å²) in [4.78, 5) is 26.4. The van der Waals surface area contributed by atoms with Crippen LogP contribution >= 0.6 is 0 Å². The van der Waals surface area contributed by atoms with Crippen LogP contribution in [0.3, 0.4) is 0 Å². The molecular weight excluding hydrogens is 301 g/mol. The molecule has 0 aliphatic carbocycles. The topological polar surface area (TPSA) is 88.0 Å². The van der Waals surface area contributed by atoms with Crippen LogP contribution < -0.4 is 5.56 Å². The number of aromatic carboxylic acids is 1. The van der Waals surface area contributed by atoms with Crippen LogP contribution in [0.2, 0.25) is 0 Å². The van der Waals surface area contributed by atoms with Crippen molar-refractivity contribution in [2.75, 3.05) is 0 Å². The molecule has 0 bridgehead atoms. The fourth-order valence-corrected chi connectivity index (χ4v) is 2.66. The molecule has 0 spiro atoms. The van der Waals surface area contributed by atoms with Gasteiger partial charge in [0, 0.05) is 17.5 Å². The van der Waals surface area contributed by atoms with Gasteiger partial charge < -0.3 is 10.1 Å². The van der Waals surface area contributed by atoms with Crippen molar-refractivity contribution in [1.29, 1.82) is 0 Å². The smallest absolute Gasteiger partial charge is 0.352 e. The zero-order valence-corrected chi connectivity index (χ0v) is 12.6. The van der Waals surface area contributed by atoms with Gasteiger partial charge in [0.15, 0.2) is 0 Å². The number of rotatable bonds is 3. The van der Waals surface area contributed by atoms with Gasteiger partial charge in [-0.15, -0.1) is 0 Å². The number of halogens is 1. The highest BCUT2D eigenvalue weighted by molar-refractivity contribution is 6.02. The third kappa shape index (κ3) is 2.30. The molecule has 6 nitrogen and oxygen atoms in total. The van der Waals surface area contributed by atoms with Crippen LogP contribution in [-0.4, -0.2) is 25.8 Å². The lowest BCUT2D eigenvalue weighted by Gasteiger charge is -2.08. The first-order chi connectivity index (χ1) is 10.9. The highest BCUT2D eigenvalue weighted by Crippen LogP contribution is 2.29. The predicted octanol–water partition coefficient (Wildman–Crippen LogP) is 2.56. The van der Waals surface area contributed by atoms with Gasteiger partial charge in [-0.05, 0) is 31.5 Å². The number of carbonyl (C=O) groups is 1. The summed E-state index contributed by atoms with van der Waals surface area (Å²) in [7, 11) is 0. The molecule has 2 N–H and O–H groups in total. The molecule has 7 heteroatoms. The van der Waals surface area contributed by atoms with Crippen LogP contribution in [0.15, 0.2) is 29.1 Å². The summed E-state index contributed by atoms with van der Waals surface area (Å²) in [6.07, 6.45) is 0. The van der Waals surface area contributed by atoms with Crippen LogP contribution in [-0.2, 0) is 6.54 Å². The second-order valence-corrected chi connectivity index (χ2v) is 5.16. The fraction of sp³-hybridized carbons (Fsp3) is 0.188. The molecule has 3 aromatic rings. The van der Waals surface area contributed by atoms with E-state index in [1.807, 2.05) is 0 Å².